The molecule has 3 aliphatic heterocycles. The number of hydrogen-bond acceptors (Lipinski definition) is 8. The fraction of sp³-hybridized carbons (Fsp3) is 0.676. The van der Waals surface area contributed by atoms with Gasteiger partial charge in [-0.3, -0.25) is 24.0 Å². The van der Waals surface area contributed by atoms with Crippen LogP contribution in [-0.2, 0) is 33.5 Å². The third-order valence-corrected chi connectivity index (χ3v) is 11.3. The van der Waals surface area contributed by atoms with Crippen molar-refractivity contribution in [3.63, 3.8) is 0 Å². The first-order chi connectivity index (χ1) is 23.2. The Hall–Kier alpha value is -3.31. The Morgan fingerprint density at radius 3 is 2.45 bits per heavy atom. The van der Waals surface area contributed by atoms with Gasteiger partial charge >= 0.3 is 0 Å². The van der Waals surface area contributed by atoms with Crippen LogP contribution in [0.4, 0.5) is 0 Å². The first-order valence-corrected chi connectivity index (χ1v) is 18.2. The van der Waals surface area contributed by atoms with Gasteiger partial charge in [-0.25, -0.2) is 0 Å². The average molecular weight is 697 g/mol. The monoisotopic (exact) mass is 696 g/mol. The van der Waals surface area contributed by atoms with Crippen LogP contribution < -0.4 is 10.6 Å². The second kappa shape index (κ2) is 13.8. The fourth-order valence-corrected chi connectivity index (χ4v) is 7.95. The zero-order valence-corrected chi connectivity index (χ0v) is 29.8. The number of likely N-dealkylation sites (tertiary alicyclic amines) is 1. The van der Waals surface area contributed by atoms with Crippen LogP contribution in [0.1, 0.15) is 97.5 Å². The van der Waals surface area contributed by atoms with Crippen molar-refractivity contribution in [2.24, 2.45) is 27.8 Å². The summed E-state index contributed by atoms with van der Waals surface area (Å²) in [7, 11) is 0. The van der Waals surface area contributed by atoms with Gasteiger partial charge in [-0.2, -0.15) is 0 Å². The maximum Gasteiger partial charge on any atom is 0.246 e. The molecule has 12 heteroatoms. The minimum absolute atomic E-state index is 0.0532. The number of ketones is 2. The van der Waals surface area contributed by atoms with E-state index in [-0.39, 0.29) is 42.5 Å². The Morgan fingerprint density at radius 1 is 1.06 bits per heavy atom. The van der Waals surface area contributed by atoms with Gasteiger partial charge < -0.3 is 25.1 Å². The summed E-state index contributed by atoms with van der Waals surface area (Å²) < 4.78 is 5.53. The molecule has 2 N–H and O–H groups in total. The van der Waals surface area contributed by atoms with Gasteiger partial charge in [0.2, 0.25) is 29.3 Å². The number of oxime groups is 1. The molecule has 4 fully saturated rings. The molecule has 0 aromatic heterocycles. The van der Waals surface area contributed by atoms with Crippen molar-refractivity contribution in [1.29, 1.82) is 0 Å². The number of halogens is 1. The average Bonchev–Trinajstić information content (AvgIpc) is 3.93. The summed E-state index contributed by atoms with van der Waals surface area (Å²) in [6.45, 7) is 8.87. The largest absolute Gasteiger partial charge is 0.387 e. The molecule has 5 atom stereocenters. The number of rotatable bonds is 12. The van der Waals surface area contributed by atoms with E-state index in [1.807, 2.05) is 39.8 Å². The lowest BCUT2D eigenvalue weighted by atomic mass is 9.85. The Balaban J connectivity index is 1.24. The van der Waals surface area contributed by atoms with Crippen molar-refractivity contribution < 1.29 is 33.5 Å². The van der Waals surface area contributed by atoms with Gasteiger partial charge in [0, 0.05) is 49.0 Å². The lowest BCUT2D eigenvalue weighted by molar-refractivity contribution is -0.145. The van der Waals surface area contributed by atoms with E-state index in [1.165, 1.54) is 4.90 Å². The SMILES string of the molecule is CCC[C@H](NC(=O)[C@@H]1C[C@]2(CC(c3cccc(Cl)c3)=NO2)CN1C(=O)[C@@H](NC(=O)C1CC12CCOCC2)C(C)(C)C)C(=O)C(=O)CC1CC1. The molecule has 2 spiro atoms. The Kier molecular flexibility index (Phi) is 9.98. The van der Waals surface area contributed by atoms with Crippen molar-refractivity contribution >= 4 is 46.6 Å². The van der Waals surface area contributed by atoms with Gasteiger partial charge in [0.05, 0.1) is 18.3 Å². The number of Topliss-reactive ketones (excluding diaryl/α,β-unsaturated/α-hetero) is 2. The molecule has 6 rings (SSSR count). The highest BCUT2D eigenvalue weighted by molar-refractivity contribution is 6.39. The maximum absolute atomic E-state index is 14.7. The number of benzene rings is 1. The number of amides is 3. The van der Waals surface area contributed by atoms with Crippen LogP contribution in [0, 0.1) is 22.7 Å². The van der Waals surface area contributed by atoms with E-state index in [0.717, 1.165) is 37.7 Å². The van der Waals surface area contributed by atoms with Gasteiger partial charge in [-0.15, -0.1) is 0 Å². The molecule has 1 aromatic rings. The molecule has 3 amide bonds. The minimum Gasteiger partial charge on any atom is -0.387 e. The van der Waals surface area contributed by atoms with Crippen molar-refractivity contribution in [3.8, 4) is 0 Å². The molecule has 3 heterocycles. The number of ether oxygens (including phenoxy) is 1. The van der Waals surface area contributed by atoms with Gasteiger partial charge in [0.15, 0.2) is 5.60 Å². The first kappa shape index (κ1) is 35.5. The number of nitrogens with zero attached hydrogens (tertiary/aromatic N) is 2. The number of hydrogen-bond donors (Lipinski definition) is 2. The molecule has 266 valence electrons. The van der Waals surface area contributed by atoms with Gasteiger partial charge in [0.1, 0.15) is 12.1 Å². The molecular weight excluding hydrogens is 648 g/mol. The number of carbonyl (C=O) groups excluding carboxylic acids is 5. The van der Waals surface area contributed by atoms with Crippen molar-refractivity contribution in [2.75, 3.05) is 19.8 Å². The molecule has 5 aliphatic rings. The lowest BCUT2D eigenvalue weighted by Crippen LogP contribution is -2.59. The summed E-state index contributed by atoms with van der Waals surface area (Å²) in [5.41, 5.74) is -0.328. The first-order valence-electron chi connectivity index (χ1n) is 17.8. The van der Waals surface area contributed by atoms with E-state index in [1.54, 1.807) is 12.1 Å². The van der Waals surface area contributed by atoms with Gasteiger partial charge in [-0.1, -0.05) is 63.0 Å². The summed E-state index contributed by atoms with van der Waals surface area (Å²) in [5, 5.41) is 10.9. The summed E-state index contributed by atoms with van der Waals surface area (Å²) in [6.07, 6.45) is 5.83. The third kappa shape index (κ3) is 7.72. The van der Waals surface area contributed by atoms with E-state index in [0.29, 0.717) is 43.2 Å². The zero-order chi connectivity index (χ0) is 35.1. The smallest absolute Gasteiger partial charge is 0.246 e. The van der Waals surface area contributed by atoms with Crippen molar-refractivity contribution in [2.45, 2.75) is 116 Å². The highest BCUT2D eigenvalue weighted by atomic mass is 35.5. The minimum atomic E-state index is -1.02. The second-order valence-corrected chi connectivity index (χ2v) is 16.4. The second-order valence-electron chi connectivity index (χ2n) is 16.0. The van der Waals surface area contributed by atoms with Crippen LogP contribution in [0.15, 0.2) is 29.4 Å². The molecule has 49 heavy (non-hydrogen) atoms. The molecule has 0 bridgehead atoms. The van der Waals surface area contributed by atoms with Crippen molar-refractivity contribution in [1.82, 2.24) is 15.5 Å². The van der Waals surface area contributed by atoms with E-state index >= 15 is 0 Å². The van der Waals surface area contributed by atoms with Crippen LogP contribution in [-0.4, -0.2) is 83.4 Å². The van der Waals surface area contributed by atoms with Gasteiger partial charge in [-0.05, 0) is 67.4 Å². The van der Waals surface area contributed by atoms with Crippen LogP contribution in [0.3, 0.4) is 0 Å². The van der Waals surface area contributed by atoms with Gasteiger partial charge in [0.25, 0.3) is 0 Å². The van der Waals surface area contributed by atoms with E-state index in [4.69, 9.17) is 21.2 Å². The Morgan fingerprint density at radius 2 is 1.80 bits per heavy atom. The molecule has 2 saturated heterocycles. The molecular formula is C37H49ClN4O7. The number of nitrogens with one attached hydrogen (secondary N) is 2. The fourth-order valence-electron chi connectivity index (χ4n) is 7.76. The predicted molar refractivity (Wildman–Crippen MR) is 183 cm³/mol. The lowest BCUT2D eigenvalue weighted by Gasteiger charge is -2.36. The molecule has 11 nitrogen and oxygen atoms in total. The van der Waals surface area contributed by atoms with Crippen LogP contribution in [0.25, 0.3) is 0 Å². The molecule has 0 radical (unpaired) electrons. The van der Waals surface area contributed by atoms with Crippen LogP contribution in [0.2, 0.25) is 5.02 Å². The maximum atomic E-state index is 14.7. The van der Waals surface area contributed by atoms with Crippen LogP contribution in [0.5, 0.6) is 0 Å². The standard InChI is InChI=1S/C37H49ClN4O7/c1-5-7-26(30(44)29(43)16-22-10-11-22)39-33(46)28-20-37(19-27(41-49-37)23-8-6-9-24(38)17-23)21-42(28)34(47)31(35(2,3)4)40-32(45)25-18-36(25)12-14-48-15-13-36/h6,8-9,17,22,25-26,28,31H,5,7,10-16,18-21H2,1-4H3,(H,39,46)(H,40,45)/t25?,26-,28-,31+,37+/m0/s1. The zero-order valence-electron chi connectivity index (χ0n) is 29.0. The summed E-state index contributed by atoms with van der Waals surface area (Å²) >= 11 is 6.26. The third-order valence-electron chi connectivity index (χ3n) is 11.0. The summed E-state index contributed by atoms with van der Waals surface area (Å²) in [6, 6.07) is 4.33. The summed E-state index contributed by atoms with van der Waals surface area (Å²) in [4.78, 5) is 76.1. The topological polar surface area (TPSA) is 143 Å². The Labute approximate surface area is 293 Å². The molecule has 2 saturated carbocycles. The van der Waals surface area contributed by atoms with E-state index in [9.17, 15) is 24.0 Å². The van der Waals surface area contributed by atoms with Crippen LogP contribution >= 0.6 is 11.6 Å². The predicted octanol–water partition coefficient (Wildman–Crippen LogP) is 4.37. The van der Waals surface area contributed by atoms with E-state index < -0.39 is 52.5 Å². The molecule has 2 aliphatic carbocycles. The molecule has 1 unspecified atom stereocenters. The highest BCUT2D eigenvalue weighted by Gasteiger charge is 2.60. The van der Waals surface area contributed by atoms with E-state index in [2.05, 4.69) is 15.8 Å². The normalized spacial score (nSPS) is 26.9. The number of carbonyl (C=O) groups is 5. The van der Waals surface area contributed by atoms with Crippen molar-refractivity contribution in [3.05, 3.63) is 34.9 Å². The Bertz CT molecular complexity index is 1530. The molecule has 1 aromatic carbocycles. The highest BCUT2D eigenvalue weighted by Crippen LogP contribution is 2.59. The quantitative estimate of drug-likeness (QED) is 0.309. The summed E-state index contributed by atoms with van der Waals surface area (Å²) in [5.74, 6) is -2.08.